The molecule has 1 aliphatic carbocycles. The lowest BCUT2D eigenvalue weighted by Crippen LogP contribution is -2.33. The molecule has 76 valence electrons. The molecule has 1 N–H and O–H groups in total. The summed E-state index contributed by atoms with van der Waals surface area (Å²) in [5, 5.41) is 10.4. The van der Waals surface area contributed by atoms with Crippen LogP contribution in [0.4, 0.5) is 0 Å². The Balaban J connectivity index is 2.69. The molecule has 0 aromatic rings. The summed E-state index contributed by atoms with van der Waals surface area (Å²) in [5.41, 5.74) is 0.831. The van der Waals surface area contributed by atoms with E-state index in [2.05, 4.69) is 19.9 Å². The van der Waals surface area contributed by atoms with Crippen molar-refractivity contribution < 1.29 is 5.11 Å². The topological polar surface area (TPSA) is 20.2 Å². The van der Waals surface area contributed by atoms with E-state index in [1.165, 1.54) is 24.8 Å². The third-order valence-corrected chi connectivity index (χ3v) is 3.11. The van der Waals surface area contributed by atoms with Crippen molar-refractivity contribution in [2.45, 2.75) is 64.4 Å². The van der Waals surface area contributed by atoms with E-state index in [9.17, 15) is 5.11 Å². The van der Waals surface area contributed by atoms with Crippen molar-refractivity contribution in [2.24, 2.45) is 0 Å². The van der Waals surface area contributed by atoms with E-state index < -0.39 is 5.60 Å². The summed E-state index contributed by atoms with van der Waals surface area (Å²) < 4.78 is 0. The van der Waals surface area contributed by atoms with Crippen molar-refractivity contribution in [3.8, 4) is 0 Å². The molecule has 1 saturated carbocycles. The predicted molar refractivity (Wildman–Crippen MR) is 56.7 cm³/mol. The van der Waals surface area contributed by atoms with Gasteiger partial charge in [0, 0.05) is 0 Å². The summed E-state index contributed by atoms with van der Waals surface area (Å²) in [7, 11) is 0. The highest BCUT2D eigenvalue weighted by Gasteiger charge is 2.31. The van der Waals surface area contributed by atoms with Gasteiger partial charge >= 0.3 is 0 Å². The summed E-state index contributed by atoms with van der Waals surface area (Å²) in [6.45, 7) is 4.29. The van der Waals surface area contributed by atoms with Crippen LogP contribution in [0.2, 0.25) is 0 Å². The van der Waals surface area contributed by atoms with Gasteiger partial charge in [-0.05, 0) is 31.3 Å². The van der Waals surface area contributed by atoms with Gasteiger partial charge in [0.2, 0.25) is 0 Å². The van der Waals surface area contributed by atoms with Crippen LogP contribution in [-0.4, -0.2) is 10.7 Å². The maximum Gasteiger partial charge on any atom is 0.0856 e. The second-order valence-electron chi connectivity index (χ2n) is 4.08. The zero-order chi connectivity index (χ0) is 9.73. The quantitative estimate of drug-likeness (QED) is 0.663. The molecular formula is C12H22O. The minimum atomic E-state index is -0.441. The molecular weight excluding hydrogens is 160 g/mol. The molecule has 0 heterocycles. The summed E-state index contributed by atoms with van der Waals surface area (Å²) in [4.78, 5) is 0. The average Bonchev–Trinajstić information content (AvgIpc) is 2.15. The van der Waals surface area contributed by atoms with E-state index in [1.807, 2.05) is 0 Å². The van der Waals surface area contributed by atoms with Crippen LogP contribution in [0.15, 0.2) is 11.6 Å². The zero-order valence-electron chi connectivity index (χ0n) is 8.97. The van der Waals surface area contributed by atoms with Gasteiger partial charge < -0.3 is 5.11 Å². The van der Waals surface area contributed by atoms with E-state index in [0.29, 0.717) is 0 Å². The minimum absolute atomic E-state index is 0.441. The van der Waals surface area contributed by atoms with Gasteiger partial charge in [0.05, 0.1) is 5.60 Å². The van der Waals surface area contributed by atoms with Crippen LogP contribution in [0.3, 0.4) is 0 Å². The normalized spacial score (nSPS) is 23.2. The standard InChI is InChI=1S/C12H22O/c1-3-8-11(4-2)12(13)9-6-5-7-10-12/h8,13H,3-7,9-10H2,1-2H3. The Kier molecular flexibility index (Phi) is 3.98. The number of hydrogen-bond donors (Lipinski definition) is 1. The maximum atomic E-state index is 10.4. The van der Waals surface area contributed by atoms with Crippen LogP contribution < -0.4 is 0 Å². The molecule has 0 saturated heterocycles. The Hall–Kier alpha value is -0.300. The monoisotopic (exact) mass is 182 g/mol. The summed E-state index contributed by atoms with van der Waals surface area (Å²) >= 11 is 0. The zero-order valence-corrected chi connectivity index (χ0v) is 8.97. The molecule has 1 rings (SSSR count). The third-order valence-electron chi connectivity index (χ3n) is 3.11. The predicted octanol–water partition coefficient (Wildman–Crippen LogP) is 3.43. The molecule has 0 aliphatic heterocycles. The first-order valence-electron chi connectivity index (χ1n) is 5.65. The summed E-state index contributed by atoms with van der Waals surface area (Å²) in [6.07, 6.45) is 9.90. The molecule has 0 bridgehead atoms. The van der Waals surface area contributed by atoms with E-state index in [4.69, 9.17) is 0 Å². The lowest BCUT2D eigenvalue weighted by molar-refractivity contribution is 0.0367. The van der Waals surface area contributed by atoms with Gasteiger partial charge in [0.1, 0.15) is 0 Å². The first-order chi connectivity index (χ1) is 6.23. The van der Waals surface area contributed by atoms with Crippen LogP contribution in [0.5, 0.6) is 0 Å². The van der Waals surface area contributed by atoms with E-state index in [1.54, 1.807) is 0 Å². The molecule has 1 fully saturated rings. The van der Waals surface area contributed by atoms with Gasteiger partial charge in [-0.1, -0.05) is 39.2 Å². The molecule has 0 spiro atoms. The van der Waals surface area contributed by atoms with Crippen molar-refractivity contribution in [3.63, 3.8) is 0 Å². The average molecular weight is 182 g/mol. The second-order valence-corrected chi connectivity index (χ2v) is 4.08. The van der Waals surface area contributed by atoms with Gasteiger partial charge in [-0.25, -0.2) is 0 Å². The van der Waals surface area contributed by atoms with Crippen LogP contribution in [0.25, 0.3) is 0 Å². The first kappa shape index (κ1) is 10.8. The maximum absolute atomic E-state index is 10.4. The van der Waals surface area contributed by atoms with Crippen LogP contribution in [0.1, 0.15) is 58.8 Å². The molecule has 0 aromatic heterocycles. The highest BCUT2D eigenvalue weighted by Crippen LogP contribution is 2.35. The molecule has 0 atom stereocenters. The van der Waals surface area contributed by atoms with Crippen LogP contribution in [0, 0.1) is 0 Å². The summed E-state index contributed by atoms with van der Waals surface area (Å²) in [5.74, 6) is 0. The van der Waals surface area contributed by atoms with Gasteiger partial charge in [-0.3, -0.25) is 0 Å². The molecule has 1 nitrogen and oxygen atoms in total. The van der Waals surface area contributed by atoms with Crippen LogP contribution >= 0.6 is 0 Å². The number of aliphatic hydroxyl groups is 1. The van der Waals surface area contributed by atoms with Crippen molar-refractivity contribution >= 4 is 0 Å². The highest BCUT2D eigenvalue weighted by molar-refractivity contribution is 5.16. The largest absolute Gasteiger partial charge is 0.386 e. The molecule has 1 heteroatoms. The second kappa shape index (κ2) is 4.80. The molecule has 0 radical (unpaired) electrons. The highest BCUT2D eigenvalue weighted by atomic mass is 16.3. The Morgan fingerprint density at radius 1 is 1.23 bits per heavy atom. The lowest BCUT2D eigenvalue weighted by atomic mass is 9.78. The van der Waals surface area contributed by atoms with Gasteiger partial charge in [0.15, 0.2) is 0 Å². The summed E-state index contributed by atoms with van der Waals surface area (Å²) in [6, 6.07) is 0. The molecule has 0 aromatic carbocycles. The number of hydrogen-bond acceptors (Lipinski definition) is 1. The SMILES string of the molecule is CCC=C(CC)C1(O)CCCCC1. The van der Waals surface area contributed by atoms with Crippen LogP contribution in [-0.2, 0) is 0 Å². The molecule has 0 unspecified atom stereocenters. The van der Waals surface area contributed by atoms with Crippen molar-refractivity contribution in [2.75, 3.05) is 0 Å². The minimum Gasteiger partial charge on any atom is -0.386 e. The Morgan fingerprint density at radius 3 is 2.31 bits per heavy atom. The molecule has 1 aliphatic rings. The van der Waals surface area contributed by atoms with E-state index in [0.717, 1.165) is 25.7 Å². The number of rotatable bonds is 3. The van der Waals surface area contributed by atoms with E-state index >= 15 is 0 Å². The van der Waals surface area contributed by atoms with Gasteiger partial charge in [-0.2, -0.15) is 0 Å². The number of allylic oxidation sites excluding steroid dienone is 1. The smallest absolute Gasteiger partial charge is 0.0856 e. The Labute approximate surface area is 81.9 Å². The van der Waals surface area contributed by atoms with Crippen molar-refractivity contribution in [3.05, 3.63) is 11.6 Å². The van der Waals surface area contributed by atoms with Crippen molar-refractivity contribution in [1.82, 2.24) is 0 Å². The first-order valence-corrected chi connectivity index (χ1v) is 5.65. The fraction of sp³-hybridized carbons (Fsp3) is 0.833. The van der Waals surface area contributed by atoms with E-state index in [-0.39, 0.29) is 0 Å². The van der Waals surface area contributed by atoms with Gasteiger partial charge in [-0.15, -0.1) is 0 Å². The Bertz CT molecular complexity index is 176. The fourth-order valence-electron chi connectivity index (χ4n) is 2.37. The third kappa shape index (κ3) is 2.57. The van der Waals surface area contributed by atoms with Crippen molar-refractivity contribution in [1.29, 1.82) is 0 Å². The van der Waals surface area contributed by atoms with Gasteiger partial charge in [0.25, 0.3) is 0 Å². The lowest BCUT2D eigenvalue weighted by Gasteiger charge is -2.34. The Morgan fingerprint density at radius 2 is 1.85 bits per heavy atom. The fourth-order valence-corrected chi connectivity index (χ4v) is 2.37. The molecule has 13 heavy (non-hydrogen) atoms. The molecule has 0 amide bonds.